The van der Waals surface area contributed by atoms with Crippen molar-refractivity contribution in [3.63, 3.8) is 0 Å². The molecule has 1 aromatic carbocycles. The fraction of sp³-hybridized carbons (Fsp3) is 0.524. The summed E-state index contributed by atoms with van der Waals surface area (Å²) in [4.78, 5) is 14.6. The van der Waals surface area contributed by atoms with Crippen LogP contribution in [0.2, 0.25) is 0 Å². The zero-order valence-electron chi connectivity index (χ0n) is 16.2. The van der Waals surface area contributed by atoms with E-state index in [-0.39, 0.29) is 23.9 Å². The van der Waals surface area contributed by atoms with E-state index >= 15 is 0 Å². The number of nitrogens with one attached hydrogen (secondary N) is 1. The summed E-state index contributed by atoms with van der Waals surface area (Å²) in [6, 6.07) is 8.90. The summed E-state index contributed by atoms with van der Waals surface area (Å²) in [7, 11) is 1.90. The standard InChI is InChI=1S/C21H27FN4O2/c1-25-16(13-19(24-25)17-5-2-3-6-18(17)22)14-26-10-8-15(9-11-26)23-21(27)20-7-4-12-28-20/h2-3,5-6,13,15,20H,4,7-12,14H2,1H3,(H,23,27)/t20-/m0/s1. The Labute approximate surface area is 164 Å². The average molecular weight is 386 g/mol. The minimum atomic E-state index is -0.260. The third-order valence-corrected chi connectivity index (χ3v) is 5.67. The summed E-state index contributed by atoms with van der Waals surface area (Å²) >= 11 is 0. The molecule has 150 valence electrons. The smallest absolute Gasteiger partial charge is 0.249 e. The first-order valence-electron chi connectivity index (χ1n) is 10.0. The van der Waals surface area contributed by atoms with Crippen molar-refractivity contribution in [2.45, 2.75) is 44.4 Å². The Morgan fingerprint density at radius 3 is 2.79 bits per heavy atom. The Morgan fingerprint density at radius 1 is 1.29 bits per heavy atom. The van der Waals surface area contributed by atoms with Crippen LogP contribution in [-0.4, -0.2) is 52.4 Å². The second-order valence-corrected chi connectivity index (χ2v) is 7.69. The number of aryl methyl sites for hydroxylation is 1. The Kier molecular flexibility index (Phi) is 5.73. The molecule has 1 N–H and O–H groups in total. The van der Waals surface area contributed by atoms with E-state index in [0.717, 1.165) is 51.0 Å². The van der Waals surface area contributed by atoms with E-state index in [0.29, 0.717) is 17.9 Å². The number of benzene rings is 1. The van der Waals surface area contributed by atoms with Gasteiger partial charge in [-0.3, -0.25) is 14.4 Å². The summed E-state index contributed by atoms with van der Waals surface area (Å²) in [5, 5.41) is 7.62. The first-order chi connectivity index (χ1) is 13.6. The number of ether oxygens (including phenoxy) is 1. The largest absolute Gasteiger partial charge is 0.368 e. The van der Waals surface area contributed by atoms with Gasteiger partial charge >= 0.3 is 0 Å². The van der Waals surface area contributed by atoms with Gasteiger partial charge in [-0.25, -0.2) is 4.39 Å². The second kappa shape index (κ2) is 8.41. The monoisotopic (exact) mass is 386 g/mol. The maximum absolute atomic E-state index is 14.0. The van der Waals surface area contributed by atoms with Gasteiger partial charge in [-0.1, -0.05) is 12.1 Å². The van der Waals surface area contributed by atoms with Crippen molar-refractivity contribution in [3.05, 3.63) is 41.8 Å². The Morgan fingerprint density at radius 2 is 2.07 bits per heavy atom. The van der Waals surface area contributed by atoms with Gasteiger partial charge < -0.3 is 10.1 Å². The van der Waals surface area contributed by atoms with E-state index in [4.69, 9.17) is 4.74 Å². The van der Waals surface area contributed by atoms with Gasteiger partial charge in [0.2, 0.25) is 5.91 Å². The van der Waals surface area contributed by atoms with E-state index in [1.54, 1.807) is 12.1 Å². The van der Waals surface area contributed by atoms with Gasteiger partial charge in [-0.2, -0.15) is 5.10 Å². The molecule has 28 heavy (non-hydrogen) atoms. The number of nitrogens with zero attached hydrogens (tertiary/aromatic N) is 3. The van der Waals surface area contributed by atoms with Crippen LogP contribution in [0, 0.1) is 5.82 Å². The predicted molar refractivity (Wildman–Crippen MR) is 104 cm³/mol. The van der Waals surface area contributed by atoms with Gasteiger partial charge in [0.05, 0.1) is 11.4 Å². The van der Waals surface area contributed by atoms with E-state index < -0.39 is 0 Å². The number of amides is 1. The summed E-state index contributed by atoms with van der Waals surface area (Å²) in [5.41, 5.74) is 2.24. The molecule has 7 heteroatoms. The minimum Gasteiger partial charge on any atom is -0.368 e. The molecule has 3 heterocycles. The zero-order chi connectivity index (χ0) is 19.5. The second-order valence-electron chi connectivity index (χ2n) is 7.69. The molecule has 1 amide bonds. The van der Waals surface area contributed by atoms with E-state index in [1.807, 2.05) is 23.9 Å². The Bertz CT molecular complexity index is 824. The van der Waals surface area contributed by atoms with Gasteiger partial charge in [0.1, 0.15) is 11.9 Å². The number of hydrogen-bond donors (Lipinski definition) is 1. The van der Waals surface area contributed by atoms with Crippen LogP contribution in [0.4, 0.5) is 4.39 Å². The van der Waals surface area contributed by atoms with E-state index in [1.165, 1.54) is 6.07 Å². The van der Waals surface area contributed by atoms with Crippen molar-refractivity contribution >= 4 is 5.91 Å². The number of rotatable bonds is 5. The van der Waals surface area contributed by atoms with Crippen LogP contribution in [0.25, 0.3) is 11.3 Å². The van der Waals surface area contributed by atoms with E-state index in [9.17, 15) is 9.18 Å². The van der Waals surface area contributed by atoms with Crippen molar-refractivity contribution in [3.8, 4) is 11.3 Å². The maximum atomic E-state index is 14.0. The highest BCUT2D eigenvalue weighted by Crippen LogP contribution is 2.23. The quantitative estimate of drug-likeness (QED) is 0.858. The molecule has 0 bridgehead atoms. The summed E-state index contributed by atoms with van der Waals surface area (Å²) in [6.45, 7) is 3.29. The highest BCUT2D eigenvalue weighted by atomic mass is 19.1. The molecule has 2 aromatic rings. The highest BCUT2D eigenvalue weighted by Gasteiger charge is 2.27. The average Bonchev–Trinajstić information content (AvgIpc) is 3.34. The first-order valence-corrected chi connectivity index (χ1v) is 10.0. The van der Waals surface area contributed by atoms with Gasteiger partial charge in [0.25, 0.3) is 0 Å². The molecule has 2 saturated heterocycles. The number of carbonyl (C=O) groups is 1. The molecule has 4 rings (SSSR count). The fourth-order valence-electron chi connectivity index (χ4n) is 4.00. The molecule has 2 fully saturated rings. The third kappa shape index (κ3) is 4.25. The number of carbonyl (C=O) groups excluding carboxylic acids is 1. The van der Waals surface area contributed by atoms with Crippen molar-refractivity contribution in [2.75, 3.05) is 19.7 Å². The van der Waals surface area contributed by atoms with Crippen molar-refractivity contribution < 1.29 is 13.9 Å². The lowest BCUT2D eigenvalue weighted by Crippen LogP contribution is -2.47. The molecule has 2 aliphatic rings. The molecule has 1 aromatic heterocycles. The fourth-order valence-corrected chi connectivity index (χ4v) is 4.00. The van der Waals surface area contributed by atoms with E-state index in [2.05, 4.69) is 15.3 Å². The number of likely N-dealkylation sites (tertiary alicyclic amines) is 1. The van der Waals surface area contributed by atoms with Crippen molar-refractivity contribution in [2.24, 2.45) is 7.05 Å². The molecule has 1 atom stereocenters. The minimum absolute atomic E-state index is 0.0390. The number of aromatic nitrogens is 2. The van der Waals surface area contributed by atoms with Gasteiger partial charge in [0, 0.05) is 44.9 Å². The first kappa shape index (κ1) is 19.1. The molecular weight excluding hydrogens is 359 g/mol. The summed E-state index contributed by atoms with van der Waals surface area (Å²) in [5.74, 6) is -0.216. The lowest BCUT2D eigenvalue weighted by Gasteiger charge is -2.32. The van der Waals surface area contributed by atoms with Crippen LogP contribution in [0.1, 0.15) is 31.4 Å². The van der Waals surface area contributed by atoms with Crippen LogP contribution < -0.4 is 5.32 Å². The zero-order valence-corrected chi connectivity index (χ0v) is 16.2. The summed E-state index contributed by atoms with van der Waals surface area (Å²) < 4.78 is 21.3. The molecule has 0 spiro atoms. The summed E-state index contributed by atoms with van der Waals surface area (Å²) in [6.07, 6.45) is 3.39. The molecule has 0 radical (unpaired) electrons. The molecule has 2 aliphatic heterocycles. The van der Waals surface area contributed by atoms with Crippen LogP contribution in [0.15, 0.2) is 30.3 Å². The highest BCUT2D eigenvalue weighted by molar-refractivity contribution is 5.81. The molecule has 0 saturated carbocycles. The van der Waals surface area contributed by atoms with Gasteiger partial charge in [0.15, 0.2) is 0 Å². The lowest BCUT2D eigenvalue weighted by atomic mass is 10.0. The molecule has 0 unspecified atom stereocenters. The van der Waals surface area contributed by atoms with Gasteiger partial charge in [-0.15, -0.1) is 0 Å². The number of halogens is 1. The van der Waals surface area contributed by atoms with Crippen LogP contribution in [-0.2, 0) is 23.1 Å². The Balaban J connectivity index is 1.31. The normalized spacial score (nSPS) is 21.1. The van der Waals surface area contributed by atoms with Crippen LogP contribution in [0.3, 0.4) is 0 Å². The topological polar surface area (TPSA) is 59.4 Å². The lowest BCUT2D eigenvalue weighted by molar-refractivity contribution is -0.131. The SMILES string of the molecule is Cn1nc(-c2ccccc2F)cc1CN1CCC(NC(=O)[C@@H]2CCCO2)CC1. The third-order valence-electron chi connectivity index (χ3n) is 5.67. The van der Waals surface area contributed by atoms with Crippen LogP contribution >= 0.6 is 0 Å². The van der Waals surface area contributed by atoms with Crippen molar-refractivity contribution in [1.82, 2.24) is 20.0 Å². The molecule has 6 nitrogen and oxygen atoms in total. The van der Waals surface area contributed by atoms with Crippen molar-refractivity contribution in [1.29, 1.82) is 0 Å². The maximum Gasteiger partial charge on any atom is 0.249 e. The molecule has 0 aliphatic carbocycles. The Hall–Kier alpha value is -2.25. The number of hydrogen-bond acceptors (Lipinski definition) is 4. The van der Waals surface area contributed by atoms with Gasteiger partial charge in [-0.05, 0) is 43.9 Å². The van der Waals surface area contributed by atoms with Crippen LogP contribution in [0.5, 0.6) is 0 Å². The predicted octanol–water partition coefficient (Wildman–Crippen LogP) is 2.49. The number of piperidine rings is 1. The molecular formula is C21H27FN4O2.